The molecule has 0 aliphatic heterocycles. The second-order valence-electron chi connectivity index (χ2n) is 5.25. The van der Waals surface area contributed by atoms with E-state index in [9.17, 15) is 9.59 Å². The lowest BCUT2D eigenvalue weighted by Gasteiger charge is -2.32. The smallest absolute Gasteiger partial charge is 0.124 e. The Hall–Kier alpha value is -0.660. The Kier molecular flexibility index (Phi) is 1.80. The van der Waals surface area contributed by atoms with E-state index in [1.807, 2.05) is 0 Å². The molecule has 0 amide bonds. The summed E-state index contributed by atoms with van der Waals surface area (Å²) in [5.74, 6) is 2.81. The molecular weight excluding hydrogens is 176 g/mol. The van der Waals surface area contributed by atoms with Gasteiger partial charge in [0.05, 0.1) is 0 Å². The van der Waals surface area contributed by atoms with Gasteiger partial charge in [-0.2, -0.15) is 0 Å². The van der Waals surface area contributed by atoms with Crippen LogP contribution in [-0.4, -0.2) is 12.6 Å². The molecule has 3 fully saturated rings. The first-order valence-corrected chi connectivity index (χ1v) is 5.77. The second-order valence-corrected chi connectivity index (χ2v) is 5.25. The van der Waals surface area contributed by atoms with Gasteiger partial charge in [0.25, 0.3) is 0 Å². The minimum Gasteiger partial charge on any atom is -0.303 e. The minimum absolute atomic E-state index is 0.0665. The predicted octanol–water partition coefficient (Wildman–Crippen LogP) is 1.68. The average molecular weight is 192 g/mol. The number of aldehydes is 2. The van der Waals surface area contributed by atoms with Crippen LogP contribution in [0, 0.1) is 35.5 Å². The molecule has 0 spiro atoms. The highest BCUT2D eigenvalue weighted by molar-refractivity contribution is 5.67. The van der Waals surface area contributed by atoms with Crippen LogP contribution in [0.15, 0.2) is 0 Å². The molecule has 2 nitrogen and oxygen atoms in total. The van der Waals surface area contributed by atoms with Gasteiger partial charge in [0.15, 0.2) is 0 Å². The molecule has 3 aliphatic rings. The van der Waals surface area contributed by atoms with Gasteiger partial charge in [-0.25, -0.2) is 0 Å². The van der Waals surface area contributed by atoms with Gasteiger partial charge in [-0.3, -0.25) is 0 Å². The van der Waals surface area contributed by atoms with Crippen LogP contribution >= 0.6 is 0 Å². The summed E-state index contributed by atoms with van der Waals surface area (Å²) in [6.45, 7) is 0. The zero-order valence-electron chi connectivity index (χ0n) is 8.26. The number of fused-ring (bicyclic) bond motifs is 5. The summed E-state index contributed by atoms with van der Waals surface area (Å²) >= 11 is 0. The first kappa shape index (κ1) is 8.63. The van der Waals surface area contributed by atoms with Crippen molar-refractivity contribution in [3.8, 4) is 0 Å². The number of carbonyl (C=O) groups is 2. The predicted molar refractivity (Wildman–Crippen MR) is 51.5 cm³/mol. The summed E-state index contributed by atoms with van der Waals surface area (Å²) in [5, 5.41) is 0. The van der Waals surface area contributed by atoms with Gasteiger partial charge >= 0.3 is 0 Å². The molecule has 0 N–H and O–H groups in total. The number of carbonyl (C=O) groups excluding carboxylic acids is 2. The topological polar surface area (TPSA) is 34.1 Å². The van der Waals surface area contributed by atoms with E-state index in [1.165, 1.54) is 19.3 Å². The van der Waals surface area contributed by atoms with Crippen molar-refractivity contribution in [1.82, 2.24) is 0 Å². The molecule has 0 aromatic carbocycles. The summed E-state index contributed by atoms with van der Waals surface area (Å²) in [6.07, 6.45) is 7.20. The molecule has 0 radical (unpaired) electrons. The Morgan fingerprint density at radius 3 is 1.71 bits per heavy atom. The maximum absolute atomic E-state index is 11.0. The molecule has 3 saturated carbocycles. The van der Waals surface area contributed by atoms with Gasteiger partial charge in [0, 0.05) is 11.8 Å². The molecule has 0 saturated heterocycles. The van der Waals surface area contributed by atoms with Crippen LogP contribution in [0.25, 0.3) is 0 Å². The van der Waals surface area contributed by atoms with Crippen molar-refractivity contribution < 1.29 is 9.59 Å². The Morgan fingerprint density at radius 1 is 0.786 bits per heavy atom. The number of hydrogen-bond donors (Lipinski definition) is 0. The molecule has 0 heterocycles. The Labute approximate surface area is 84.1 Å². The summed E-state index contributed by atoms with van der Waals surface area (Å²) in [4.78, 5) is 22.0. The van der Waals surface area contributed by atoms with Crippen molar-refractivity contribution in [3.05, 3.63) is 0 Å². The van der Waals surface area contributed by atoms with E-state index >= 15 is 0 Å². The van der Waals surface area contributed by atoms with Crippen molar-refractivity contribution in [2.45, 2.75) is 25.7 Å². The molecule has 2 heteroatoms. The normalized spacial score (nSPS) is 54.6. The summed E-state index contributed by atoms with van der Waals surface area (Å²) in [6, 6.07) is 0. The summed E-state index contributed by atoms with van der Waals surface area (Å²) in [5.41, 5.74) is 0. The van der Waals surface area contributed by atoms with Crippen molar-refractivity contribution in [1.29, 1.82) is 0 Å². The van der Waals surface area contributed by atoms with Gasteiger partial charge in [-0.15, -0.1) is 0 Å². The largest absolute Gasteiger partial charge is 0.303 e. The summed E-state index contributed by atoms with van der Waals surface area (Å²) < 4.78 is 0. The highest BCUT2D eigenvalue weighted by Crippen LogP contribution is 2.62. The summed E-state index contributed by atoms with van der Waals surface area (Å²) in [7, 11) is 0. The van der Waals surface area contributed by atoms with Crippen LogP contribution in [0.5, 0.6) is 0 Å². The van der Waals surface area contributed by atoms with Gasteiger partial charge in [0.2, 0.25) is 0 Å². The van der Waals surface area contributed by atoms with E-state index in [0.717, 1.165) is 30.8 Å². The molecule has 0 aromatic heterocycles. The van der Waals surface area contributed by atoms with E-state index in [2.05, 4.69) is 0 Å². The minimum atomic E-state index is 0.0665. The van der Waals surface area contributed by atoms with Gasteiger partial charge in [-0.05, 0) is 42.9 Å². The molecule has 6 unspecified atom stereocenters. The first-order valence-electron chi connectivity index (χ1n) is 5.77. The molecule has 14 heavy (non-hydrogen) atoms. The second kappa shape index (κ2) is 2.91. The lowest BCUT2D eigenvalue weighted by molar-refractivity contribution is -0.123. The van der Waals surface area contributed by atoms with Crippen LogP contribution in [0.2, 0.25) is 0 Å². The van der Waals surface area contributed by atoms with Gasteiger partial charge in [-0.1, -0.05) is 6.42 Å². The molecule has 76 valence electrons. The average Bonchev–Trinajstić information content (AvgIpc) is 2.86. The SMILES string of the molecule is O=CC1C(C=O)C2CC1C1CCCC21. The van der Waals surface area contributed by atoms with E-state index in [4.69, 9.17) is 0 Å². The Balaban J connectivity index is 1.93. The van der Waals surface area contributed by atoms with Gasteiger partial charge in [0.1, 0.15) is 12.6 Å². The van der Waals surface area contributed by atoms with E-state index in [0.29, 0.717) is 11.8 Å². The number of rotatable bonds is 2. The molecular formula is C12H16O2. The van der Waals surface area contributed by atoms with Crippen LogP contribution in [-0.2, 0) is 9.59 Å². The lowest BCUT2D eigenvalue weighted by Crippen LogP contribution is -2.34. The third kappa shape index (κ3) is 0.870. The fourth-order valence-corrected chi connectivity index (χ4v) is 4.58. The first-order chi connectivity index (χ1) is 6.86. The monoisotopic (exact) mass is 192 g/mol. The van der Waals surface area contributed by atoms with Crippen LogP contribution in [0.3, 0.4) is 0 Å². The molecule has 6 atom stereocenters. The molecule has 3 aliphatic carbocycles. The van der Waals surface area contributed by atoms with Crippen molar-refractivity contribution in [3.63, 3.8) is 0 Å². The Bertz CT molecular complexity index is 247. The Morgan fingerprint density at radius 2 is 1.29 bits per heavy atom. The van der Waals surface area contributed by atoms with Crippen LogP contribution < -0.4 is 0 Å². The fourth-order valence-electron chi connectivity index (χ4n) is 4.58. The maximum atomic E-state index is 11.0. The van der Waals surface area contributed by atoms with Crippen molar-refractivity contribution in [2.24, 2.45) is 35.5 Å². The molecule has 2 bridgehead atoms. The standard InChI is InChI=1S/C12H16O2/c13-5-11-9-4-10(12(11)6-14)8-3-1-2-7(8)9/h5-12H,1-4H2. The van der Waals surface area contributed by atoms with Crippen molar-refractivity contribution >= 4 is 12.6 Å². The van der Waals surface area contributed by atoms with Crippen LogP contribution in [0.1, 0.15) is 25.7 Å². The van der Waals surface area contributed by atoms with E-state index < -0.39 is 0 Å². The number of hydrogen-bond acceptors (Lipinski definition) is 2. The molecule has 3 rings (SSSR count). The third-order valence-corrected chi connectivity index (χ3v) is 5.02. The lowest BCUT2D eigenvalue weighted by atomic mass is 9.70. The van der Waals surface area contributed by atoms with E-state index in [-0.39, 0.29) is 11.8 Å². The highest BCUT2D eigenvalue weighted by atomic mass is 16.1. The zero-order chi connectivity index (χ0) is 9.71. The zero-order valence-corrected chi connectivity index (χ0v) is 8.26. The maximum Gasteiger partial charge on any atom is 0.124 e. The fraction of sp³-hybridized carbons (Fsp3) is 0.833. The quantitative estimate of drug-likeness (QED) is 0.624. The third-order valence-electron chi connectivity index (χ3n) is 5.02. The van der Waals surface area contributed by atoms with E-state index in [1.54, 1.807) is 0 Å². The van der Waals surface area contributed by atoms with Crippen molar-refractivity contribution in [2.75, 3.05) is 0 Å². The van der Waals surface area contributed by atoms with Gasteiger partial charge < -0.3 is 9.59 Å². The highest BCUT2D eigenvalue weighted by Gasteiger charge is 2.58. The molecule has 0 aromatic rings. The van der Waals surface area contributed by atoms with Crippen LogP contribution in [0.4, 0.5) is 0 Å².